The van der Waals surface area contributed by atoms with Gasteiger partial charge in [-0.15, -0.1) is 34.1 Å². The fourth-order valence-electron chi connectivity index (χ4n) is 3.96. The second-order valence-corrected chi connectivity index (χ2v) is 8.96. The summed E-state index contributed by atoms with van der Waals surface area (Å²) >= 11 is 1.16. The molecule has 1 saturated heterocycles. The maximum atomic E-state index is 14.8. The molecular formula is C22H27F4N5O4S. The highest BCUT2D eigenvalue weighted by Crippen LogP contribution is 2.49. The van der Waals surface area contributed by atoms with E-state index in [9.17, 15) is 27.6 Å². The summed E-state index contributed by atoms with van der Waals surface area (Å²) in [6.07, 6.45) is -2.64. The fourth-order valence-corrected chi connectivity index (χ4v) is 4.61. The van der Waals surface area contributed by atoms with Crippen molar-refractivity contribution in [3.05, 3.63) is 23.2 Å². The van der Waals surface area contributed by atoms with Gasteiger partial charge in [0.15, 0.2) is 11.5 Å². The number of aromatic nitrogens is 1. The molecular weight excluding hydrogens is 506 g/mol. The molecule has 2 aromatic rings. The van der Waals surface area contributed by atoms with Gasteiger partial charge in [-0.05, 0) is 32.7 Å². The van der Waals surface area contributed by atoms with Crippen molar-refractivity contribution in [3.63, 3.8) is 0 Å². The first-order valence-corrected chi connectivity index (χ1v) is 11.9. The number of benzene rings is 1. The van der Waals surface area contributed by atoms with E-state index in [4.69, 9.17) is 4.74 Å². The summed E-state index contributed by atoms with van der Waals surface area (Å²) in [5.41, 5.74) is -0.751. The summed E-state index contributed by atoms with van der Waals surface area (Å²) in [6, 6.07) is 0.172. The number of nitrogens with one attached hydrogen (secondary N) is 1. The van der Waals surface area contributed by atoms with Gasteiger partial charge in [0.25, 0.3) is 5.91 Å². The predicted octanol–water partition coefficient (Wildman–Crippen LogP) is 3.42. The zero-order chi connectivity index (χ0) is 26.5. The minimum atomic E-state index is -5.16. The van der Waals surface area contributed by atoms with Crippen LogP contribution in [0.4, 0.5) is 23.3 Å². The molecule has 14 heteroatoms. The van der Waals surface area contributed by atoms with Crippen LogP contribution in [0, 0.1) is 0 Å². The van der Waals surface area contributed by atoms with Gasteiger partial charge in [0.1, 0.15) is 17.3 Å². The lowest BCUT2D eigenvalue weighted by Gasteiger charge is -2.24. The van der Waals surface area contributed by atoms with Crippen LogP contribution in [0.3, 0.4) is 0 Å². The van der Waals surface area contributed by atoms with E-state index in [1.165, 1.54) is 19.3 Å². The van der Waals surface area contributed by atoms with Gasteiger partial charge < -0.3 is 24.8 Å². The molecule has 1 amide bonds. The van der Waals surface area contributed by atoms with E-state index in [-0.39, 0.29) is 30.5 Å². The van der Waals surface area contributed by atoms with E-state index in [0.717, 1.165) is 16.2 Å². The molecule has 198 valence electrons. The number of thiazole rings is 1. The monoisotopic (exact) mass is 533 g/mol. The number of carbonyl (C=O) groups excluding carboxylic acids is 1. The number of nitrogens with zero attached hydrogens (tertiary/aromatic N) is 4. The zero-order valence-corrected chi connectivity index (χ0v) is 20.5. The van der Waals surface area contributed by atoms with Crippen LogP contribution >= 0.6 is 11.3 Å². The Morgan fingerprint density at radius 3 is 2.69 bits per heavy atom. The van der Waals surface area contributed by atoms with Crippen molar-refractivity contribution in [1.82, 2.24) is 20.3 Å². The molecule has 1 aliphatic rings. The highest BCUT2D eigenvalue weighted by molar-refractivity contribution is 7.13. The third-order valence-corrected chi connectivity index (χ3v) is 6.46. The fraction of sp³-hybridized carbons (Fsp3) is 0.500. The van der Waals surface area contributed by atoms with Crippen molar-refractivity contribution < 1.29 is 37.0 Å². The number of aliphatic imine (C=N–C) groups is 1. The molecule has 2 heterocycles. The van der Waals surface area contributed by atoms with Crippen LogP contribution < -0.4 is 14.8 Å². The quantitative estimate of drug-likeness (QED) is 0.259. The summed E-state index contributed by atoms with van der Waals surface area (Å²) in [6.45, 7) is 3.07. The summed E-state index contributed by atoms with van der Waals surface area (Å²) < 4.78 is 65.0. The second kappa shape index (κ2) is 12.0. The number of carbonyl (C=O) groups is 1. The number of hydrogen-bond donors (Lipinski definition) is 2. The third kappa shape index (κ3) is 6.30. The van der Waals surface area contributed by atoms with Crippen LogP contribution in [0.1, 0.15) is 23.2 Å². The highest BCUT2D eigenvalue weighted by Gasteiger charge is 2.38. The maximum absolute atomic E-state index is 14.8. The van der Waals surface area contributed by atoms with E-state index in [1.54, 1.807) is 12.4 Å². The van der Waals surface area contributed by atoms with Gasteiger partial charge in [0, 0.05) is 31.7 Å². The summed E-state index contributed by atoms with van der Waals surface area (Å²) in [4.78, 5) is 22.0. The molecule has 2 atom stereocenters. The van der Waals surface area contributed by atoms with Crippen LogP contribution in [-0.4, -0.2) is 91.6 Å². The summed E-state index contributed by atoms with van der Waals surface area (Å²) in [7, 11) is 3.03. The van der Waals surface area contributed by atoms with Crippen molar-refractivity contribution in [2.24, 2.45) is 4.99 Å². The largest absolute Gasteiger partial charge is 0.573 e. The first-order chi connectivity index (χ1) is 17.1. The molecule has 2 unspecified atom stereocenters. The number of likely N-dealkylation sites (N-methyl/N-ethyl adjacent to an activating group) is 2. The Morgan fingerprint density at radius 2 is 2.11 bits per heavy atom. The van der Waals surface area contributed by atoms with Gasteiger partial charge in [0.2, 0.25) is 0 Å². The first kappa shape index (κ1) is 27.8. The molecule has 2 N–H and O–H groups in total. The molecule has 9 nitrogen and oxygen atoms in total. The van der Waals surface area contributed by atoms with Gasteiger partial charge in [0.05, 0.1) is 29.8 Å². The molecule has 0 bridgehead atoms. The van der Waals surface area contributed by atoms with Gasteiger partial charge in [-0.25, -0.2) is 4.98 Å². The minimum Gasteiger partial charge on any atom is -0.489 e. The number of aliphatic hydroxyl groups is 1. The van der Waals surface area contributed by atoms with E-state index in [2.05, 4.69) is 26.7 Å². The van der Waals surface area contributed by atoms with Crippen LogP contribution in [0.15, 0.2) is 22.6 Å². The van der Waals surface area contributed by atoms with E-state index < -0.39 is 41.9 Å². The number of amides is 1. The molecule has 1 aromatic carbocycles. The smallest absolute Gasteiger partial charge is 0.489 e. The molecule has 3 rings (SSSR count). The van der Waals surface area contributed by atoms with Crippen LogP contribution in [0.2, 0.25) is 0 Å². The Bertz CT molecular complexity index is 1050. The Hall–Kier alpha value is -2.81. The Balaban J connectivity index is 2.11. The lowest BCUT2D eigenvalue weighted by Crippen LogP contribution is -2.37. The normalized spacial score (nSPS) is 18.3. The standard InChI is InChI=1S/C22H27F4N5O4S/c1-27-11-13-4-5-14(31(13)26)12-34-18-15(20-29-6-9-36-20)10-16(21(33)30(3)7-8-32)19(17(18)28-2)35-22(23,24)25/h6,9-10,13-14,27,32H,2,4-5,7-8,11-12H2,1,3H3. The first-order valence-electron chi connectivity index (χ1n) is 11.0. The van der Waals surface area contributed by atoms with Crippen molar-refractivity contribution >= 4 is 29.6 Å². The summed E-state index contributed by atoms with van der Waals surface area (Å²) in [5.74, 6) is -1.91. The Labute approximate surface area is 209 Å². The predicted molar refractivity (Wildman–Crippen MR) is 127 cm³/mol. The molecule has 0 saturated carbocycles. The number of alkyl halides is 3. The molecule has 0 spiro atoms. The van der Waals surface area contributed by atoms with Crippen LogP contribution in [0.5, 0.6) is 11.5 Å². The zero-order valence-electron chi connectivity index (χ0n) is 19.7. The molecule has 0 radical (unpaired) electrons. The van der Waals surface area contributed by atoms with Crippen LogP contribution in [-0.2, 0) is 0 Å². The highest BCUT2D eigenvalue weighted by atomic mass is 32.1. The topological polar surface area (TPSA) is 99.5 Å². The number of rotatable bonds is 11. The van der Waals surface area contributed by atoms with Gasteiger partial charge in [-0.1, -0.05) is 0 Å². The lowest BCUT2D eigenvalue weighted by atomic mass is 10.0. The second-order valence-electron chi connectivity index (χ2n) is 8.07. The Kier molecular flexibility index (Phi) is 9.22. The van der Waals surface area contributed by atoms with Crippen molar-refractivity contribution in [2.75, 3.05) is 40.4 Å². The van der Waals surface area contributed by atoms with Gasteiger partial charge >= 0.3 is 6.36 Å². The average molecular weight is 534 g/mol. The SMILES string of the molecule is C=Nc1c(OC(F)(F)F)c(C(=O)N(C)CCO)cc(-c2nccs2)c1OCC1CCC(CNC)N1F. The molecule has 0 aliphatic carbocycles. The van der Waals surface area contributed by atoms with Gasteiger partial charge in [-0.2, -0.15) is 0 Å². The molecule has 1 aliphatic heterocycles. The molecule has 36 heavy (non-hydrogen) atoms. The van der Waals surface area contributed by atoms with Gasteiger partial charge in [-0.3, -0.25) is 9.79 Å². The van der Waals surface area contributed by atoms with E-state index in [1.807, 2.05) is 0 Å². The van der Waals surface area contributed by atoms with Crippen molar-refractivity contribution in [2.45, 2.75) is 31.3 Å². The Morgan fingerprint density at radius 1 is 1.39 bits per heavy atom. The van der Waals surface area contributed by atoms with Crippen LogP contribution in [0.25, 0.3) is 10.6 Å². The number of hydrogen-bond acceptors (Lipinski definition) is 9. The van der Waals surface area contributed by atoms with Crippen molar-refractivity contribution in [3.8, 4) is 22.1 Å². The minimum absolute atomic E-state index is 0.131. The number of aliphatic hydroxyl groups excluding tert-OH is 1. The third-order valence-electron chi connectivity index (χ3n) is 5.65. The van der Waals surface area contributed by atoms with E-state index >= 15 is 0 Å². The van der Waals surface area contributed by atoms with E-state index in [0.29, 0.717) is 29.5 Å². The molecule has 1 aromatic heterocycles. The number of ether oxygens (including phenoxy) is 2. The maximum Gasteiger partial charge on any atom is 0.573 e. The average Bonchev–Trinajstić information content (AvgIpc) is 3.47. The molecule has 1 fully saturated rings. The lowest BCUT2D eigenvalue weighted by molar-refractivity contribution is -0.274. The van der Waals surface area contributed by atoms with Crippen molar-refractivity contribution in [1.29, 1.82) is 0 Å². The number of halogens is 4. The summed E-state index contributed by atoms with van der Waals surface area (Å²) in [5, 5.41) is 14.8.